The van der Waals surface area contributed by atoms with E-state index in [-0.39, 0.29) is 0 Å². The van der Waals surface area contributed by atoms with Gasteiger partial charge in [0, 0.05) is 24.2 Å². The van der Waals surface area contributed by atoms with E-state index >= 15 is 0 Å². The van der Waals surface area contributed by atoms with Gasteiger partial charge in [0.15, 0.2) is 11.5 Å². The maximum atomic E-state index is 5.64. The fourth-order valence-corrected chi connectivity index (χ4v) is 2.21. The lowest BCUT2D eigenvalue weighted by atomic mass is 10.1. The maximum absolute atomic E-state index is 5.64. The standard InChI is InChI=1S/C15H18N2O2/c1-10(2)17-9-13-12-8-15-14(18-5-6-19-15)7-11(12)3-4-16-13/h3-4,7-8,10,17H,5-6,9H2,1-2H3. The molecule has 100 valence electrons. The van der Waals surface area contributed by atoms with Gasteiger partial charge in [0.1, 0.15) is 13.2 Å². The Morgan fingerprint density at radius 1 is 1.21 bits per heavy atom. The number of rotatable bonds is 3. The van der Waals surface area contributed by atoms with Gasteiger partial charge in [0.25, 0.3) is 0 Å². The monoisotopic (exact) mass is 258 g/mol. The van der Waals surface area contributed by atoms with E-state index in [1.54, 1.807) is 0 Å². The van der Waals surface area contributed by atoms with E-state index in [0.717, 1.165) is 34.5 Å². The van der Waals surface area contributed by atoms with Crippen molar-refractivity contribution in [2.75, 3.05) is 13.2 Å². The van der Waals surface area contributed by atoms with Crippen LogP contribution in [0.25, 0.3) is 10.8 Å². The van der Waals surface area contributed by atoms with Crippen LogP contribution < -0.4 is 14.8 Å². The molecule has 1 aliphatic rings. The fourth-order valence-electron chi connectivity index (χ4n) is 2.21. The average molecular weight is 258 g/mol. The highest BCUT2D eigenvalue weighted by atomic mass is 16.6. The zero-order valence-corrected chi connectivity index (χ0v) is 11.3. The maximum Gasteiger partial charge on any atom is 0.162 e. The van der Waals surface area contributed by atoms with Gasteiger partial charge in [-0.25, -0.2) is 0 Å². The normalized spacial score (nSPS) is 14.1. The van der Waals surface area contributed by atoms with Crippen LogP contribution in [0.5, 0.6) is 11.5 Å². The molecular formula is C15H18N2O2. The van der Waals surface area contributed by atoms with Crippen molar-refractivity contribution in [3.8, 4) is 11.5 Å². The van der Waals surface area contributed by atoms with Crippen LogP contribution in [0, 0.1) is 0 Å². The summed E-state index contributed by atoms with van der Waals surface area (Å²) >= 11 is 0. The fraction of sp³-hybridized carbons (Fsp3) is 0.400. The van der Waals surface area contributed by atoms with Crippen LogP contribution in [0.15, 0.2) is 24.4 Å². The molecular weight excluding hydrogens is 240 g/mol. The summed E-state index contributed by atoms with van der Waals surface area (Å²) in [6.45, 7) is 6.24. The van der Waals surface area contributed by atoms with Gasteiger partial charge in [-0.15, -0.1) is 0 Å². The smallest absolute Gasteiger partial charge is 0.162 e. The molecule has 1 aromatic heterocycles. The molecule has 2 heterocycles. The van der Waals surface area contributed by atoms with Gasteiger partial charge >= 0.3 is 0 Å². The molecule has 2 aromatic rings. The summed E-state index contributed by atoms with van der Waals surface area (Å²) in [5.74, 6) is 1.64. The molecule has 1 aromatic carbocycles. The van der Waals surface area contributed by atoms with Crippen LogP contribution in [0.1, 0.15) is 19.5 Å². The summed E-state index contributed by atoms with van der Waals surface area (Å²) in [5.41, 5.74) is 1.04. The van der Waals surface area contributed by atoms with Crippen LogP contribution in [0.2, 0.25) is 0 Å². The van der Waals surface area contributed by atoms with Gasteiger partial charge in [-0.3, -0.25) is 4.98 Å². The summed E-state index contributed by atoms with van der Waals surface area (Å²) in [4.78, 5) is 4.47. The Morgan fingerprint density at radius 3 is 2.68 bits per heavy atom. The lowest BCUT2D eigenvalue weighted by molar-refractivity contribution is 0.172. The minimum absolute atomic E-state index is 0.439. The van der Waals surface area contributed by atoms with Crippen LogP contribution >= 0.6 is 0 Å². The largest absolute Gasteiger partial charge is 0.486 e. The molecule has 0 atom stereocenters. The van der Waals surface area contributed by atoms with Gasteiger partial charge in [0.05, 0.1) is 5.69 Å². The van der Waals surface area contributed by atoms with Crippen molar-refractivity contribution in [3.63, 3.8) is 0 Å². The molecule has 0 fully saturated rings. The number of nitrogens with one attached hydrogen (secondary N) is 1. The van der Waals surface area contributed by atoms with Crippen molar-refractivity contribution in [2.45, 2.75) is 26.4 Å². The van der Waals surface area contributed by atoms with E-state index in [2.05, 4.69) is 24.1 Å². The summed E-state index contributed by atoms with van der Waals surface area (Å²) in [5, 5.41) is 5.66. The van der Waals surface area contributed by atoms with Crippen LogP contribution in [-0.4, -0.2) is 24.2 Å². The number of nitrogens with zero attached hydrogens (tertiary/aromatic N) is 1. The number of hydrogen-bond donors (Lipinski definition) is 1. The Hall–Kier alpha value is -1.81. The topological polar surface area (TPSA) is 43.4 Å². The van der Waals surface area contributed by atoms with Crippen LogP contribution in [-0.2, 0) is 6.54 Å². The number of hydrogen-bond acceptors (Lipinski definition) is 4. The first-order valence-corrected chi connectivity index (χ1v) is 6.64. The van der Waals surface area contributed by atoms with E-state index in [9.17, 15) is 0 Å². The second-order valence-corrected chi connectivity index (χ2v) is 5.01. The third-order valence-corrected chi connectivity index (χ3v) is 3.19. The highest BCUT2D eigenvalue weighted by molar-refractivity contribution is 5.87. The van der Waals surface area contributed by atoms with E-state index in [1.165, 1.54) is 0 Å². The lowest BCUT2D eigenvalue weighted by Gasteiger charge is -2.19. The zero-order valence-electron chi connectivity index (χ0n) is 11.3. The predicted octanol–water partition coefficient (Wildman–Crippen LogP) is 2.50. The minimum Gasteiger partial charge on any atom is -0.486 e. The van der Waals surface area contributed by atoms with Gasteiger partial charge in [-0.2, -0.15) is 0 Å². The second-order valence-electron chi connectivity index (χ2n) is 5.01. The molecule has 4 nitrogen and oxygen atoms in total. The molecule has 0 amide bonds. The zero-order chi connectivity index (χ0) is 13.2. The number of benzene rings is 1. The predicted molar refractivity (Wildman–Crippen MR) is 74.7 cm³/mol. The van der Waals surface area contributed by atoms with Crippen molar-refractivity contribution in [2.24, 2.45) is 0 Å². The molecule has 0 aliphatic carbocycles. The lowest BCUT2D eigenvalue weighted by Crippen LogP contribution is -2.22. The third-order valence-electron chi connectivity index (χ3n) is 3.19. The molecule has 0 saturated heterocycles. The second kappa shape index (κ2) is 5.05. The number of pyridine rings is 1. The summed E-state index contributed by atoms with van der Waals surface area (Å²) in [6, 6.07) is 6.51. The molecule has 4 heteroatoms. The van der Waals surface area contributed by atoms with Crippen LogP contribution in [0.4, 0.5) is 0 Å². The quantitative estimate of drug-likeness (QED) is 0.918. The van der Waals surface area contributed by atoms with Gasteiger partial charge in [0.2, 0.25) is 0 Å². The van der Waals surface area contributed by atoms with Gasteiger partial charge in [-0.1, -0.05) is 13.8 Å². The van der Waals surface area contributed by atoms with Crippen LogP contribution in [0.3, 0.4) is 0 Å². The van der Waals surface area contributed by atoms with E-state index < -0.39 is 0 Å². The van der Waals surface area contributed by atoms with Gasteiger partial charge in [-0.05, 0) is 23.6 Å². The molecule has 19 heavy (non-hydrogen) atoms. The Balaban J connectivity index is 2.03. The Morgan fingerprint density at radius 2 is 1.95 bits per heavy atom. The van der Waals surface area contributed by atoms with Gasteiger partial charge < -0.3 is 14.8 Å². The van der Waals surface area contributed by atoms with E-state index in [4.69, 9.17) is 9.47 Å². The van der Waals surface area contributed by atoms with Crippen molar-refractivity contribution >= 4 is 10.8 Å². The van der Waals surface area contributed by atoms with Crippen molar-refractivity contribution < 1.29 is 9.47 Å². The van der Waals surface area contributed by atoms with E-state index in [1.807, 2.05) is 24.4 Å². The first-order chi connectivity index (χ1) is 9.24. The third kappa shape index (κ3) is 2.49. The SMILES string of the molecule is CC(C)NCc1nccc2cc3c(cc12)OCCO3. The molecule has 0 bridgehead atoms. The summed E-state index contributed by atoms with van der Waals surface area (Å²) < 4.78 is 11.2. The average Bonchev–Trinajstić information content (AvgIpc) is 2.42. The molecule has 1 aliphatic heterocycles. The molecule has 3 rings (SSSR count). The summed E-state index contributed by atoms with van der Waals surface area (Å²) in [6.07, 6.45) is 1.84. The number of ether oxygens (including phenoxy) is 2. The highest BCUT2D eigenvalue weighted by Crippen LogP contribution is 2.35. The van der Waals surface area contributed by atoms with Crippen molar-refractivity contribution in [3.05, 3.63) is 30.1 Å². The van der Waals surface area contributed by atoms with Crippen molar-refractivity contribution in [1.29, 1.82) is 0 Å². The number of aromatic nitrogens is 1. The van der Waals surface area contributed by atoms with Crippen molar-refractivity contribution in [1.82, 2.24) is 10.3 Å². The molecule has 0 radical (unpaired) electrons. The Labute approximate surface area is 112 Å². The van der Waals surface area contributed by atoms with E-state index in [0.29, 0.717) is 19.3 Å². The minimum atomic E-state index is 0.439. The number of fused-ring (bicyclic) bond motifs is 2. The molecule has 0 saturated carbocycles. The molecule has 0 unspecified atom stereocenters. The summed E-state index contributed by atoms with van der Waals surface area (Å²) in [7, 11) is 0. The molecule has 1 N–H and O–H groups in total. The first kappa shape index (κ1) is 12.2. The Bertz CT molecular complexity index is 596. The Kier molecular flexibility index (Phi) is 3.25. The first-order valence-electron chi connectivity index (χ1n) is 6.64. The highest BCUT2D eigenvalue weighted by Gasteiger charge is 2.14. The molecule has 0 spiro atoms.